The fourth-order valence-electron chi connectivity index (χ4n) is 2.24. The van der Waals surface area contributed by atoms with Crippen molar-refractivity contribution in [1.29, 1.82) is 0 Å². The maximum absolute atomic E-state index is 11.4. The Morgan fingerprint density at radius 1 is 0.760 bits per heavy atom. The van der Waals surface area contributed by atoms with Crippen LogP contribution in [0.5, 0.6) is 0 Å². The van der Waals surface area contributed by atoms with E-state index in [4.69, 9.17) is 10.2 Å². The SMILES string of the molecule is C.CC1(C)NC(=O)N(CCO)C1=O.CC1(C)NC(=O)N(CCO)C1=O. The summed E-state index contributed by atoms with van der Waals surface area (Å²) in [5, 5.41) is 22.1. The Morgan fingerprint density at radius 3 is 1.20 bits per heavy atom. The molecule has 2 fully saturated rings. The Balaban J connectivity index is 0.000000443. The zero-order chi connectivity index (χ0) is 18.7. The average molecular weight is 360 g/mol. The number of nitrogens with one attached hydrogen (secondary N) is 2. The first kappa shape index (κ1) is 22.8. The Kier molecular flexibility index (Phi) is 7.53. The van der Waals surface area contributed by atoms with Gasteiger partial charge in [-0.25, -0.2) is 9.59 Å². The summed E-state index contributed by atoms with van der Waals surface area (Å²) >= 11 is 0. The van der Waals surface area contributed by atoms with Gasteiger partial charge in [0.15, 0.2) is 0 Å². The summed E-state index contributed by atoms with van der Waals surface area (Å²) in [5.41, 5.74) is -1.65. The van der Waals surface area contributed by atoms with Gasteiger partial charge in [0.2, 0.25) is 0 Å². The first-order valence-corrected chi connectivity index (χ1v) is 7.48. The Hall–Kier alpha value is -2.20. The van der Waals surface area contributed by atoms with Crippen LogP contribution < -0.4 is 10.6 Å². The van der Waals surface area contributed by atoms with Gasteiger partial charge in [0.1, 0.15) is 11.1 Å². The van der Waals surface area contributed by atoms with Gasteiger partial charge in [-0.1, -0.05) is 7.43 Å². The van der Waals surface area contributed by atoms with E-state index >= 15 is 0 Å². The number of imide groups is 2. The molecular formula is C15H28N4O6. The van der Waals surface area contributed by atoms with Crippen molar-refractivity contribution in [3.05, 3.63) is 0 Å². The minimum absolute atomic E-state index is 0. The van der Waals surface area contributed by atoms with Gasteiger partial charge in [-0.3, -0.25) is 19.4 Å². The smallest absolute Gasteiger partial charge is 0.325 e. The number of hydrogen-bond acceptors (Lipinski definition) is 6. The fraction of sp³-hybridized carbons (Fsp3) is 0.733. The lowest BCUT2D eigenvalue weighted by molar-refractivity contribution is -0.131. The van der Waals surface area contributed by atoms with Crippen molar-refractivity contribution >= 4 is 23.9 Å². The summed E-state index contributed by atoms with van der Waals surface area (Å²) in [6, 6.07) is -0.863. The summed E-state index contributed by atoms with van der Waals surface area (Å²) in [6.07, 6.45) is 0. The predicted octanol–water partition coefficient (Wildman–Crippen LogP) is -0.746. The molecule has 0 unspecified atom stereocenters. The van der Waals surface area contributed by atoms with Crippen molar-refractivity contribution in [3.63, 3.8) is 0 Å². The maximum atomic E-state index is 11.4. The van der Waals surface area contributed by atoms with Gasteiger partial charge in [-0.2, -0.15) is 0 Å². The minimum Gasteiger partial charge on any atom is -0.395 e. The number of aliphatic hydroxyl groups is 2. The number of carbonyl (C=O) groups is 4. The molecule has 0 aromatic rings. The second kappa shape index (κ2) is 8.26. The van der Waals surface area contributed by atoms with Gasteiger partial charge in [0.25, 0.3) is 11.8 Å². The monoisotopic (exact) mass is 360 g/mol. The van der Waals surface area contributed by atoms with E-state index in [2.05, 4.69) is 10.6 Å². The van der Waals surface area contributed by atoms with Crippen molar-refractivity contribution in [2.75, 3.05) is 26.3 Å². The first-order valence-electron chi connectivity index (χ1n) is 7.48. The summed E-state index contributed by atoms with van der Waals surface area (Å²) in [5.74, 6) is -0.580. The van der Waals surface area contributed by atoms with Crippen LogP contribution in [0.1, 0.15) is 35.1 Å². The highest BCUT2D eigenvalue weighted by Crippen LogP contribution is 2.16. The number of β-amino-alcohol motifs (C(OH)–C–C–N with tert-alkyl or cyclic N) is 2. The van der Waals surface area contributed by atoms with E-state index in [1.165, 1.54) is 0 Å². The number of aliphatic hydroxyl groups excluding tert-OH is 2. The van der Waals surface area contributed by atoms with Crippen LogP contribution in [0.15, 0.2) is 0 Å². The second-order valence-electron chi connectivity index (χ2n) is 6.47. The van der Waals surface area contributed by atoms with Gasteiger partial charge in [0, 0.05) is 0 Å². The Bertz CT molecular complexity index is 498. The molecule has 6 amide bonds. The van der Waals surface area contributed by atoms with Crippen LogP contribution in [0.2, 0.25) is 0 Å². The van der Waals surface area contributed by atoms with Crippen LogP contribution in [0.25, 0.3) is 0 Å². The van der Waals surface area contributed by atoms with Crippen LogP contribution in [-0.2, 0) is 9.59 Å². The molecule has 0 spiro atoms. The highest BCUT2D eigenvalue weighted by Gasteiger charge is 2.44. The highest BCUT2D eigenvalue weighted by atomic mass is 16.3. The largest absolute Gasteiger partial charge is 0.395 e. The molecule has 2 aliphatic rings. The van der Waals surface area contributed by atoms with E-state index in [0.717, 1.165) is 9.80 Å². The third-order valence-electron chi connectivity index (χ3n) is 3.54. The lowest BCUT2D eigenvalue weighted by Crippen LogP contribution is -2.40. The lowest BCUT2D eigenvalue weighted by Gasteiger charge is -2.14. The van der Waals surface area contributed by atoms with Crippen molar-refractivity contribution < 1.29 is 29.4 Å². The number of amides is 6. The van der Waals surface area contributed by atoms with Gasteiger partial charge < -0.3 is 20.8 Å². The zero-order valence-electron chi connectivity index (χ0n) is 14.3. The molecule has 144 valence electrons. The third kappa shape index (κ3) is 4.89. The second-order valence-corrected chi connectivity index (χ2v) is 6.47. The quantitative estimate of drug-likeness (QED) is 0.487. The molecule has 25 heavy (non-hydrogen) atoms. The molecule has 2 rings (SSSR count). The van der Waals surface area contributed by atoms with Crippen LogP contribution in [0.4, 0.5) is 9.59 Å². The predicted molar refractivity (Wildman–Crippen MR) is 89.6 cm³/mol. The molecule has 0 aliphatic carbocycles. The molecule has 10 heteroatoms. The molecule has 0 aromatic heterocycles. The van der Waals surface area contributed by atoms with Crippen LogP contribution in [0.3, 0.4) is 0 Å². The molecule has 10 nitrogen and oxygen atoms in total. The van der Waals surface area contributed by atoms with E-state index in [9.17, 15) is 19.2 Å². The average Bonchev–Trinajstić information content (AvgIpc) is 2.77. The Morgan fingerprint density at radius 2 is 1.04 bits per heavy atom. The van der Waals surface area contributed by atoms with Crippen LogP contribution in [-0.4, -0.2) is 81.3 Å². The molecule has 0 aromatic carbocycles. The van der Waals surface area contributed by atoms with E-state index in [1.54, 1.807) is 27.7 Å². The molecule has 2 saturated heterocycles. The van der Waals surface area contributed by atoms with Gasteiger partial charge in [-0.15, -0.1) is 0 Å². The Labute approximate surface area is 147 Å². The van der Waals surface area contributed by atoms with Crippen molar-refractivity contribution in [2.45, 2.75) is 46.2 Å². The minimum atomic E-state index is -0.827. The van der Waals surface area contributed by atoms with Crippen LogP contribution in [0, 0.1) is 0 Å². The number of carbonyl (C=O) groups excluding carboxylic acids is 4. The first-order chi connectivity index (χ1) is 11.0. The maximum Gasteiger partial charge on any atom is 0.325 e. The molecular weight excluding hydrogens is 332 g/mol. The summed E-state index contributed by atoms with van der Waals surface area (Å²) < 4.78 is 0. The van der Waals surface area contributed by atoms with Gasteiger partial charge in [0.05, 0.1) is 26.3 Å². The van der Waals surface area contributed by atoms with E-state index in [0.29, 0.717) is 0 Å². The molecule has 2 heterocycles. The van der Waals surface area contributed by atoms with Crippen molar-refractivity contribution in [2.24, 2.45) is 0 Å². The van der Waals surface area contributed by atoms with E-state index in [1.807, 2.05) is 0 Å². The lowest BCUT2D eigenvalue weighted by atomic mass is 10.1. The van der Waals surface area contributed by atoms with Gasteiger partial charge in [-0.05, 0) is 27.7 Å². The zero-order valence-corrected chi connectivity index (χ0v) is 14.3. The standard InChI is InChI=1S/2C7H12N2O3.CH4/c2*1-7(2)5(11)9(3-4-10)6(12)8-7;/h2*10H,3-4H2,1-2H3,(H,8,12);1H4. The summed E-state index contributed by atoms with van der Waals surface area (Å²) in [6.45, 7) is 6.25. The topological polar surface area (TPSA) is 139 Å². The van der Waals surface area contributed by atoms with Crippen LogP contribution >= 0.6 is 0 Å². The van der Waals surface area contributed by atoms with Crippen molar-refractivity contribution in [3.8, 4) is 0 Å². The van der Waals surface area contributed by atoms with Gasteiger partial charge >= 0.3 is 12.1 Å². The van der Waals surface area contributed by atoms with E-state index in [-0.39, 0.29) is 45.5 Å². The molecule has 0 saturated carbocycles. The third-order valence-corrected chi connectivity index (χ3v) is 3.54. The molecule has 0 atom stereocenters. The summed E-state index contributed by atoms with van der Waals surface area (Å²) in [7, 11) is 0. The number of nitrogens with zero attached hydrogens (tertiary/aromatic N) is 2. The number of urea groups is 2. The number of rotatable bonds is 4. The summed E-state index contributed by atoms with van der Waals surface area (Å²) in [4.78, 5) is 46.9. The molecule has 0 radical (unpaired) electrons. The normalized spacial score (nSPS) is 20.6. The molecule has 0 bridgehead atoms. The highest BCUT2D eigenvalue weighted by molar-refractivity contribution is 6.07. The molecule has 2 aliphatic heterocycles. The van der Waals surface area contributed by atoms with E-state index < -0.39 is 23.1 Å². The van der Waals surface area contributed by atoms with Crippen molar-refractivity contribution in [1.82, 2.24) is 20.4 Å². The fourth-order valence-corrected chi connectivity index (χ4v) is 2.24. The molecule has 4 N–H and O–H groups in total. The number of hydrogen-bond donors (Lipinski definition) is 4.